The highest BCUT2D eigenvalue weighted by molar-refractivity contribution is 6.30. The van der Waals surface area contributed by atoms with E-state index in [4.69, 9.17) is 16.7 Å². The molecule has 0 amide bonds. The van der Waals surface area contributed by atoms with Gasteiger partial charge >= 0.3 is 5.97 Å². The number of aliphatic carboxylic acids is 1. The first kappa shape index (κ1) is 17.4. The Hall–Kier alpha value is -1.70. The maximum Gasteiger partial charge on any atom is 0.306 e. The molecule has 1 aromatic rings. The maximum atomic E-state index is 11.2. The Morgan fingerprint density at radius 1 is 1.43 bits per heavy atom. The van der Waals surface area contributed by atoms with Crippen LogP contribution in [0.5, 0.6) is 0 Å². The molecular formula is C13H16ClNO6. The molecule has 116 valence electrons. The minimum atomic E-state index is -1.17. The first-order valence-electron chi connectivity index (χ1n) is 6.29. The Labute approximate surface area is 125 Å². The topological polar surface area (TPSA) is 121 Å². The Morgan fingerprint density at radius 3 is 2.62 bits per heavy atom. The van der Waals surface area contributed by atoms with Crippen molar-refractivity contribution in [2.24, 2.45) is 5.92 Å². The minimum Gasteiger partial charge on any atom is -0.481 e. The van der Waals surface area contributed by atoms with Gasteiger partial charge in [-0.2, -0.15) is 0 Å². The molecular weight excluding hydrogens is 302 g/mol. The lowest BCUT2D eigenvalue weighted by atomic mass is 9.92. The fourth-order valence-corrected chi connectivity index (χ4v) is 2.22. The van der Waals surface area contributed by atoms with Gasteiger partial charge in [-0.1, -0.05) is 11.6 Å². The average Bonchev–Trinajstić information content (AvgIpc) is 2.37. The van der Waals surface area contributed by atoms with Crippen LogP contribution in [0.25, 0.3) is 0 Å². The standard InChI is InChI=1S/C13H16ClNO6/c14-10-1-2-12(15(20)21)8(6-10)5-9(13(18)19)7-11(17)3-4-16/h1-2,6,9,11,16-17H,3-5,7H2,(H,18,19). The summed E-state index contributed by atoms with van der Waals surface area (Å²) < 4.78 is 0. The van der Waals surface area contributed by atoms with Gasteiger partial charge in [0.05, 0.1) is 16.9 Å². The molecule has 0 bridgehead atoms. The van der Waals surface area contributed by atoms with Crippen LogP contribution >= 0.6 is 11.6 Å². The Bertz CT molecular complexity index is 521. The number of hydrogen-bond acceptors (Lipinski definition) is 5. The summed E-state index contributed by atoms with van der Waals surface area (Å²) in [5, 5.41) is 38.7. The summed E-state index contributed by atoms with van der Waals surface area (Å²) in [6, 6.07) is 3.94. The third-order valence-electron chi connectivity index (χ3n) is 3.07. The predicted molar refractivity (Wildman–Crippen MR) is 75.3 cm³/mol. The van der Waals surface area contributed by atoms with E-state index in [1.54, 1.807) is 0 Å². The van der Waals surface area contributed by atoms with E-state index in [-0.39, 0.29) is 42.1 Å². The van der Waals surface area contributed by atoms with Gasteiger partial charge in [0, 0.05) is 23.3 Å². The molecule has 0 aliphatic rings. The molecule has 0 fully saturated rings. The highest BCUT2D eigenvalue weighted by Gasteiger charge is 2.25. The van der Waals surface area contributed by atoms with Gasteiger partial charge in [0.1, 0.15) is 0 Å². The van der Waals surface area contributed by atoms with Crippen LogP contribution in [0.1, 0.15) is 18.4 Å². The largest absolute Gasteiger partial charge is 0.481 e. The van der Waals surface area contributed by atoms with Crippen LogP contribution in [0.2, 0.25) is 5.02 Å². The Balaban J connectivity index is 2.96. The monoisotopic (exact) mass is 317 g/mol. The summed E-state index contributed by atoms with van der Waals surface area (Å²) in [6.45, 7) is -0.259. The number of carboxylic acid groups (broad SMARTS) is 1. The smallest absolute Gasteiger partial charge is 0.306 e. The highest BCUT2D eigenvalue weighted by atomic mass is 35.5. The molecule has 0 radical (unpaired) electrons. The summed E-state index contributed by atoms with van der Waals surface area (Å²) in [4.78, 5) is 21.6. The zero-order valence-electron chi connectivity index (χ0n) is 11.1. The van der Waals surface area contributed by atoms with E-state index in [0.717, 1.165) is 0 Å². The molecule has 7 nitrogen and oxygen atoms in total. The van der Waals surface area contributed by atoms with Crippen molar-refractivity contribution in [3.05, 3.63) is 38.9 Å². The molecule has 0 aliphatic heterocycles. The zero-order chi connectivity index (χ0) is 16.0. The van der Waals surface area contributed by atoms with Crippen molar-refractivity contribution in [1.29, 1.82) is 0 Å². The lowest BCUT2D eigenvalue weighted by molar-refractivity contribution is -0.385. The molecule has 0 saturated carbocycles. The second kappa shape index (κ2) is 7.92. The van der Waals surface area contributed by atoms with E-state index in [1.165, 1.54) is 18.2 Å². The number of nitro groups is 1. The number of aliphatic hydroxyl groups is 2. The van der Waals surface area contributed by atoms with Crippen molar-refractivity contribution in [3.63, 3.8) is 0 Å². The lowest BCUT2D eigenvalue weighted by Crippen LogP contribution is -2.23. The molecule has 1 aromatic carbocycles. The van der Waals surface area contributed by atoms with Crippen LogP contribution in [0.4, 0.5) is 5.69 Å². The van der Waals surface area contributed by atoms with Gasteiger partial charge in [-0.3, -0.25) is 14.9 Å². The Morgan fingerprint density at radius 2 is 2.10 bits per heavy atom. The number of nitro benzene ring substituents is 1. The Kier molecular flexibility index (Phi) is 6.54. The lowest BCUT2D eigenvalue weighted by Gasteiger charge is -2.16. The number of carboxylic acids is 1. The quantitative estimate of drug-likeness (QED) is 0.495. The summed E-state index contributed by atoms with van der Waals surface area (Å²) in [6.07, 6.45) is -1.13. The number of nitrogens with zero attached hydrogens (tertiary/aromatic N) is 1. The molecule has 0 spiro atoms. The predicted octanol–water partition coefficient (Wildman–Crippen LogP) is 1.62. The number of rotatable bonds is 8. The van der Waals surface area contributed by atoms with E-state index in [2.05, 4.69) is 0 Å². The molecule has 21 heavy (non-hydrogen) atoms. The summed E-state index contributed by atoms with van der Waals surface area (Å²) in [7, 11) is 0. The fourth-order valence-electron chi connectivity index (χ4n) is 2.03. The van der Waals surface area contributed by atoms with Crippen molar-refractivity contribution < 1.29 is 25.0 Å². The van der Waals surface area contributed by atoms with Crippen LogP contribution in [-0.4, -0.2) is 38.9 Å². The van der Waals surface area contributed by atoms with Crippen molar-refractivity contribution in [2.75, 3.05) is 6.61 Å². The van der Waals surface area contributed by atoms with E-state index in [1.807, 2.05) is 0 Å². The molecule has 0 aromatic heterocycles. The molecule has 8 heteroatoms. The van der Waals surface area contributed by atoms with E-state index < -0.39 is 22.9 Å². The minimum absolute atomic E-state index is 0.0570. The number of aliphatic hydroxyl groups excluding tert-OH is 2. The normalized spacial score (nSPS) is 13.7. The van der Waals surface area contributed by atoms with Crippen LogP contribution < -0.4 is 0 Å². The summed E-state index contributed by atoms with van der Waals surface area (Å²) >= 11 is 5.79. The molecule has 0 heterocycles. The highest BCUT2D eigenvalue weighted by Crippen LogP contribution is 2.27. The molecule has 1 rings (SSSR count). The van der Waals surface area contributed by atoms with Gasteiger partial charge in [0.15, 0.2) is 0 Å². The maximum absolute atomic E-state index is 11.2. The zero-order valence-corrected chi connectivity index (χ0v) is 11.9. The van der Waals surface area contributed by atoms with Gasteiger partial charge in [0.2, 0.25) is 0 Å². The van der Waals surface area contributed by atoms with Gasteiger partial charge in [0.25, 0.3) is 5.69 Å². The second-order valence-corrected chi connectivity index (χ2v) is 5.11. The van der Waals surface area contributed by atoms with Crippen LogP contribution in [0.3, 0.4) is 0 Å². The van der Waals surface area contributed by atoms with Crippen molar-refractivity contribution in [2.45, 2.75) is 25.4 Å². The van der Waals surface area contributed by atoms with Crippen LogP contribution in [0, 0.1) is 16.0 Å². The van der Waals surface area contributed by atoms with Gasteiger partial charge in [-0.15, -0.1) is 0 Å². The number of hydrogen-bond donors (Lipinski definition) is 3. The van der Waals surface area contributed by atoms with Crippen LogP contribution in [-0.2, 0) is 11.2 Å². The summed E-state index contributed by atoms with van der Waals surface area (Å²) in [5.41, 5.74) is -0.00148. The van der Waals surface area contributed by atoms with Gasteiger partial charge < -0.3 is 15.3 Å². The third kappa shape index (κ3) is 5.30. The van der Waals surface area contributed by atoms with E-state index in [9.17, 15) is 25.1 Å². The first-order chi connectivity index (χ1) is 9.85. The molecule has 0 saturated heterocycles. The first-order valence-corrected chi connectivity index (χ1v) is 6.67. The average molecular weight is 318 g/mol. The van der Waals surface area contributed by atoms with E-state index in [0.29, 0.717) is 0 Å². The number of halogens is 1. The van der Waals surface area contributed by atoms with Crippen LogP contribution in [0.15, 0.2) is 18.2 Å². The molecule has 3 N–H and O–H groups in total. The number of carbonyl (C=O) groups is 1. The van der Waals surface area contributed by atoms with Gasteiger partial charge in [-0.25, -0.2) is 0 Å². The van der Waals surface area contributed by atoms with Crippen molar-refractivity contribution in [3.8, 4) is 0 Å². The van der Waals surface area contributed by atoms with Crippen molar-refractivity contribution in [1.82, 2.24) is 0 Å². The fraction of sp³-hybridized carbons (Fsp3) is 0.462. The van der Waals surface area contributed by atoms with E-state index >= 15 is 0 Å². The SMILES string of the molecule is O=C(O)C(Cc1cc(Cl)ccc1[N+](=O)[O-])CC(O)CCO. The molecule has 0 aliphatic carbocycles. The van der Waals surface area contributed by atoms with Crippen molar-refractivity contribution >= 4 is 23.3 Å². The second-order valence-electron chi connectivity index (χ2n) is 4.67. The number of benzene rings is 1. The molecule has 2 unspecified atom stereocenters. The molecule has 2 atom stereocenters. The summed E-state index contributed by atoms with van der Waals surface area (Å²) in [5.74, 6) is -2.16. The van der Waals surface area contributed by atoms with Gasteiger partial charge in [-0.05, 0) is 31.4 Å². The third-order valence-corrected chi connectivity index (χ3v) is 3.31.